The Bertz CT molecular complexity index is 424. The van der Waals surface area contributed by atoms with Crippen LogP contribution < -0.4 is 4.74 Å². The average molecular weight is 285 g/mol. The molecule has 1 aromatic carbocycles. The first-order valence-electron chi connectivity index (χ1n) is 6.94. The zero-order valence-corrected chi connectivity index (χ0v) is 11.6. The van der Waals surface area contributed by atoms with Crippen LogP contribution in [0.15, 0.2) is 24.3 Å². The molecule has 5 heteroatoms. The van der Waals surface area contributed by atoms with Crippen molar-refractivity contribution in [3.8, 4) is 5.75 Å². The van der Waals surface area contributed by atoms with Gasteiger partial charge in [-0.25, -0.2) is 8.78 Å². The van der Waals surface area contributed by atoms with Crippen LogP contribution in [0.2, 0.25) is 0 Å². The van der Waals surface area contributed by atoms with Crippen LogP contribution in [0.1, 0.15) is 18.4 Å². The third kappa shape index (κ3) is 5.06. The first-order valence-corrected chi connectivity index (χ1v) is 6.94. The number of hydrogen-bond acceptors (Lipinski definition) is 3. The van der Waals surface area contributed by atoms with Gasteiger partial charge in [0.05, 0.1) is 6.54 Å². The zero-order valence-electron chi connectivity index (χ0n) is 11.6. The van der Waals surface area contributed by atoms with E-state index in [0.29, 0.717) is 5.75 Å². The van der Waals surface area contributed by atoms with Gasteiger partial charge in [0.2, 0.25) is 0 Å². The molecule has 3 nitrogen and oxygen atoms in total. The van der Waals surface area contributed by atoms with E-state index in [2.05, 4.69) is 0 Å². The Morgan fingerprint density at radius 3 is 2.70 bits per heavy atom. The SMILES string of the molecule is Cc1cccc(OCC(O)CN(CC(F)F)C2CC2)c1. The van der Waals surface area contributed by atoms with Crippen molar-refractivity contribution in [2.24, 2.45) is 0 Å². The number of aliphatic hydroxyl groups excluding tert-OH is 1. The van der Waals surface area contributed by atoms with Crippen molar-refractivity contribution in [2.45, 2.75) is 38.3 Å². The molecule has 1 aromatic rings. The molecule has 1 aliphatic carbocycles. The minimum Gasteiger partial charge on any atom is -0.491 e. The monoisotopic (exact) mass is 285 g/mol. The summed E-state index contributed by atoms with van der Waals surface area (Å²) in [5.41, 5.74) is 1.08. The molecule has 1 unspecified atom stereocenters. The Balaban J connectivity index is 1.77. The number of ether oxygens (including phenoxy) is 1. The van der Waals surface area contributed by atoms with Crippen molar-refractivity contribution >= 4 is 0 Å². The quantitative estimate of drug-likeness (QED) is 0.796. The van der Waals surface area contributed by atoms with E-state index in [1.165, 1.54) is 0 Å². The molecule has 0 bridgehead atoms. The topological polar surface area (TPSA) is 32.7 Å². The highest BCUT2D eigenvalue weighted by molar-refractivity contribution is 5.27. The van der Waals surface area contributed by atoms with Crippen molar-refractivity contribution < 1.29 is 18.6 Å². The van der Waals surface area contributed by atoms with Gasteiger partial charge in [-0.05, 0) is 37.5 Å². The zero-order chi connectivity index (χ0) is 14.5. The highest BCUT2D eigenvalue weighted by Crippen LogP contribution is 2.27. The van der Waals surface area contributed by atoms with Crippen LogP contribution in [0.3, 0.4) is 0 Å². The molecule has 0 aromatic heterocycles. The summed E-state index contributed by atoms with van der Waals surface area (Å²) in [5.74, 6) is 0.691. The van der Waals surface area contributed by atoms with Crippen LogP contribution in [0, 0.1) is 6.92 Å². The smallest absolute Gasteiger partial charge is 0.251 e. The number of rotatable bonds is 8. The Kier molecular flexibility index (Phi) is 5.31. The maximum atomic E-state index is 12.5. The number of nitrogens with zero attached hydrogens (tertiary/aromatic N) is 1. The second-order valence-electron chi connectivity index (χ2n) is 5.36. The molecular formula is C15H21F2NO2. The molecule has 0 heterocycles. The maximum Gasteiger partial charge on any atom is 0.251 e. The minimum absolute atomic E-state index is 0.121. The molecule has 1 fully saturated rings. The Morgan fingerprint density at radius 1 is 1.35 bits per heavy atom. The fourth-order valence-electron chi connectivity index (χ4n) is 2.21. The van der Waals surface area contributed by atoms with Gasteiger partial charge in [-0.2, -0.15) is 0 Å². The molecule has 0 amide bonds. The third-order valence-electron chi connectivity index (χ3n) is 3.31. The summed E-state index contributed by atoms with van der Waals surface area (Å²) in [6, 6.07) is 7.74. The second-order valence-corrected chi connectivity index (χ2v) is 5.36. The van der Waals surface area contributed by atoms with Crippen molar-refractivity contribution in [3.63, 3.8) is 0 Å². The first kappa shape index (κ1) is 15.2. The molecular weight excluding hydrogens is 264 g/mol. The van der Waals surface area contributed by atoms with Gasteiger partial charge in [0, 0.05) is 12.6 Å². The lowest BCUT2D eigenvalue weighted by Crippen LogP contribution is -2.39. The Morgan fingerprint density at radius 2 is 2.10 bits per heavy atom. The number of alkyl halides is 2. The van der Waals surface area contributed by atoms with Gasteiger partial charge in [-0.3, -0.25) is 4.90 Å². The molecule has 0 aliphatic heterocycles. The molecule has 0 saturated heterocycles. The lowest BCUT2D eigenvalue weighted by Gasteiger charge is -2.24. The van der Waals surface area contributed by atoms with Crippen molar-refractivity contribution in [1.82, 2.24) is 4.90 Å². The summed E-state index contributed by atoms with van der Waals surface area (Å²) in [6.07, 6.45) is -1.23. The maximum absolute atomic E-state index is 12.5. The lowest BCUT2D eigenvalue weighted by atomic mass is 10.2. The van der Waals surface area contributed by atoms with Crippen molar-refractivity contribution in [2.75, 3.05) is 19.7 Å². The van der Waals surface area contributed by atoms with E-state index >= 15 is 0 Å². The van der Waals surface area contributed by atoms with Gasteiger partial charge in [-0.15, -0.1) is 0 Å². The Hall–Kier alpha value is -1.20. The average Bonchev–Trinajstić information content (AvgIpc) is 3.19. The number of halogens is 2. The molecule has 20 heavy (non-hydrogen) atoms. The van der Waals surface area contributed by atoms with E-state index in [0.717, 1.165) is 18.4 Å². The number of benzene rings is 1. The summed E-state index contributed by atoms with van der Waals surface area (Å²) < 4.78 is 30.4. The standard InChI is InChI=1S/C15H21F2NO2/c1-11-3-2-4-14(7-11)20-10-13(19)8-18(9-15(16)17)12-5-6-12/h2-4,7,12-13,15,19H,5-6,8-10H2,1H3. The number of hydrogen-bond donors (Lipinski definition) is 1. The van der Waals surface area contributed by atoms with Crippen LogP contribution in [0.5, 0.6) is 5.75 Å². The molecule has 1 saturated carbocycles. The van der Waals surface area contributed by atoms with E-state index in [9.17, 15) is 13.9 Å². The predicted octanol–water partition coefficient (Wildman–Crippen LogP) is 2.46. The van der Waals surface area contributed by atoms with Crippen molar-refractivity contribution in [3.05, 3.63) is 29.8 Å². The lowest BCUT2D eigenvalue weighted by molar-refractivity contribution is 0.0327. The summed E-state index contributed by atoms with van der Waals surface area (Å²) in [5, 5.41) is 9.93. The van der Waals surface area contributed by atoms with Crippen molar-refractivity contribution in [1.29, 1.82) is 0 Å². The van der Waals surface area contributed by atoms with Gasteiger partial charge >= 0.3 is 0 Å². The van der Waals surface area contributed by atoms with Crippen LogP contribution in [0.25, 0.3) is 0 Å². The van der Waals surface area contributed by atoms with E-state index in [4.69, 9.17) is 4.74 Å². The summed E-state index contributed by atoms with van der Waals surface area (Å²) >= 11 is 0. The van der Waals surface area contributed by atoms with Crippen LogP contribution in [0.4, 0.5) is 8.78 Å². The molecule has 0 spiro atoms. The summed E-state index contributed by atoms with van der Waals surface area (Å²) in [4.78, 5) is 1.66. The van der Waals surface area contributed by atoms with E-state index in [-0.39, 0.29) is 25.7 Å². The normalized spacial score (nSPS) is 16.7. The van der Waals surface area contributed by atoms with Gasteiger partial charge in [0.15, 0.2) is 0 Å². The summed E-state index contributed by atoms with van der Waals surface area (Å²) in [7, 11) is 0. The largest absolute Gasteiger partial charge is 0.491 e. The number of aryl methyl sites for hydroxylation is 1. The van der Waals surface area contributed by atoms with Gasteiger partial charge < -0.3 is 9.84 Å². The molecule has 0 radical (unpaired) electrons. The van der Waals surface area contributed by atoms with E-state index in [1.54, 1.807) is 4.90 Å². The highest BCUT2D eigenvalue weighted by Gasteiger charge is 2.31. The van der Waals surface area contributed by atoms with Gasteiger partial charge in [0.1, 0.15) is 18.5 Å². The number of aliphatic hydroxyl groups is 1. The molecule has 2 rings (SSSR count). The molecule has 1 atom stereocenters. The molecule has 1 aliphatic rings. The van der Waals surface area contributed by atoms with Crippen LogP contribution in [-0.4, -0.2) is 48.3 Å². The fraction of sp³-hybridized carbons (Fsp3) is 0.600. The van der Waals surface area contributed by atoms with Gasteiger partial charge in [0.25, 0.3) is 6.43 Å². The van der Waals surface area contributed by atoms with Crippen LogP contribution >= 0.6 is 0 Å². The highest BCUT2D eigenvalue weighted by atomic mass is 19.3. The third-order valence-corrected chi connectivity index (χ3v) is 3.31. The fourth-order valence-corrected chi connectivity index (χ4v) is 2.21. The minimum atomic E-state index is -2.36. The summed E-state index contributed by atoms with van der Waals surface area (Å²) in [6.45, 7) is 2.05. The Labute approximate surface area is 118 Å². The second kappa shape index (κ2) is 6.99. The van der Waals surface area contributed by atoms with Crippen LogP contribution in [-0.2, 0) is 0 Å². The van der Waals surface area contributed by atoms with E-state index < -0.39 is 12.5 Å². The van der Waals surface area contributed by atoms with E-state index in [1.807, 2.05) is 31.2 Å². The molecule has 112 valence electrons. The first-order chi connectivity index (χ1) is 9.54. The van der Waals surface area contributed by atoms with Gasteiger partial charge in [-0.1, -0.05) is 12.1 Å². The molecule has 1 N–H and O–H groups in total. The predicted molar refractivity (Wildman–Crippen MR) is 73.3 cm³/mol.